The maximum absolute atomic E-state index is 5.76. The second-order valence-electron chi connectivity index (χ2n) is 4.25. The van der Waals surface area contributed by atoms with E-state index < -0.39 is 0 Å². The number of hydrogen-bond acceptors (Lipinski definition) is 3. The third kappa shape index (κ3) is 2.80. The lowest BCUT2D eigenvalue weighted by Gasteiger charge is -2.07. The molecule has 0 saturated heterocycles. The fourth-order valence-electron chi connectivity index (χ4n) is 1.62. The average molecular weight is 244 g/mol. The second kappa shape index (κ2) is 4.80. The van der Waals surface area contributed by atoms with Gasteiger partial charge < -0.3 is 5.73 Å². The summed E-state index contributed by atoms with van der Waals surface area (Å²) in [6, 6.07) is 8.48. The minimum absolute atomic E-state index is 0.745. The molecule has 1 heterocycles. The number of anilines is 1. The van der Waals surface area contributed by atoms with Crippen molar-refractivity contribution in [2.24, 2.45) is 0 Å². The van der Waals surface area contributed by atoms with E-state index in [2.05, 4.69) is 37.0 Å². The van der Waals surface area contributed by atoms with Gasteiger partial charge in [0.15, 0.2) is 0 Å². The van der Waals surface area contributed by atoms with Crippen molar-refractivity contribution in [3.8, 4) is 0 Å². The molecular weight excluding hydrogens is 228 g/mol. The molecule has 2 rings (SSSR count). The van der Waals surface area contributed by atoms with Crippen LogP contribution in [-0.4, -0.2) is 4.98 Å². The molecule has 2 N–H and O–H groups in total. The van der Waals surface area contributed by atoms with E-state index >= 15 is 0 Å². The lowest BCUT2D eigenvalue weighted by Crippen LogP contribution is -1.92. The molecule has 3 heteroatoms. The van der Waals surface area contributed by atoms with Crippen molar-refractivity contribution >= 4 is 17.4 Å². The molecule has 0 aliphatic rings. The molecule has 0 aliphatic carbocycles. The van der Waals surface area contributed by atoms with Gasteiger partial charge in [-0.15, -0.1) is 0 Å². The van der Waals surface area contributed by atoms with Crippen molar-refractivity contribution in [2.45, 2.75) is 30.7 Å². The summed E-state index contributed by atoms with van der Waals surface area (Å²) in [5, 5.41) is 0.989. The van der Waals surface area contributed by atoms with Crippen LogP contribution < -0.4 is 5.73 Å². The van der Waals surface area contributed by atoms with E-state index in [0.717, 1.165) is 16.3 Å². The number of pyridine rings is 1. The number of nitrogens with two attached hydrogens (primary N) is 1. The summed E-state index contributed by atoms with van der Waals surface area (Å²) >= 11 is 1.68. The number of benzene rings is 1. The minimum atomic E-state index is 0.745. The van der Waals surface area contributed by atoms with E-state index in [1.165, 1.54) is 16.0 Å². The Balaban J connectivity index is 2.28. The van der Waals surface area contributed by atoms with Crippen molar-refractivity contribution in [3.63, 3.8) is 0 Å². The van der Waals surface area contributed by atoms with Crippen molar-refractivity contribution in [3.05, 3.63) is 47.2 Å². The van der Waals surface area contributed by atoms with Crippen LogP contribution in [0.25, 0.3) is 0 Å². The van der Waals surface area contributed by atoms with Gasteiger partial charge in [-0.2, -0.15) is 0 Å². The molecule has 0 unspecified atom stereocenters. The van der Waals surface area contributed by atoms with Crippen LogP contribution in [0.3, 0.4) is 0 Å². The van der Waals surface area contributed by atoms with Gasteiger partial charge in [0, 0.05) is 4.90 Å². The van der Waals surface area contributed by atoms with Crippen LogP contribution in [0.1, 0.15) is 16.7 Å². The number of nitrogen functional groups attached to an aromatic ring is 1. The van der Waals surface area contributed by atoms with Gasteiger partial charge in [-0.3, -0.25) is 0 Å². The smallest absolute Gasteiger partial charge is 0.101 e. The molecule has 88 valence electrons. The monoisotopic (exact) mass is 244 g/mol. The van der Waals surface area contributed by atoms with E-state index in [9.17, 15) is 0 Å². The highest BCUT2D eigenvalue weighted by atomic mass is 32.2. The normalized spacial score (nSPS) is 10.5. The van der Waals surface area contributed by atoms with Crippen molar-refractivity contribution in [1.29, 1.82) is 0 Å². The van der Waals surface area contributed by atoms with E-state index in [4.69, 9.17) is 5.73 Å². The minimum Gasteiger partial charge on any atom is -0.397 e. The first-order valence-corrected chi connectivity index (χ1v) is 6.35. The van der Waals surface area contributed by atoms with Crippen LogP contribution in [0.4, 0.5) is 5.69 Å². The van der Waals surface area contributed by atoms with E-state index in [1.54, 1.807) is 18.0 Å². The van der Waals surface area contributed by atoms with Gasteiger partial charge in [-0.25, -0.2) is 4.98 Å². The van der Waals surface area contributed by atoms with Crippen molar-refractivity contribution < 1.29 is 0 Å². The second-order valence-corrected chi connectivity index (χ2v) is 5.31. The summed E-state index contributed by atoms with van der Waals surface area (Å²) < 4.78 is 0. The summed E-state index contributed by atoms with van der Waals surface area (Å²) in [5.74, 6) is 0. The SMILES string of the molecule is Cc1ccc(Sc2cc(C)c(N)cn2)c(C)c1. The highest BCUT2D eigenvalue weighted by Gasteiger charge is 2.04. The quantitative estimate of drug-likeness (QED) is 0.874. The Hall–Kier alpha value is -1.48. The fourth-order valence-corrected chi connectivity index (χ4v) is 2.55. The first kappa shape index (κ1) is 12.0. The van der Waals surface area contributed by atoms with Gasteiger partial charge in [0.1, 0.15) is 5.03 Å². The predicted molar refractivity (Wildman–Crippen MR) is 73.4 cm³/mol. The molecule has 0 aliphatic heterocycles. The van der Waals surface area contributed by atoms with Crippen molar-refractivity contribution in [1.82, 2.24) is 4.98 Å². The lowest BCUT2D eigenvalue weighted by atomic mass is 10.2. The van der Waals surface area contributed by atoms with Crippen molar-refractivity contribution in [2.75, 3.05) is 5.73 Å². The Morgan fingerprint density at radius 3 is 2.47 bits per heavy atom. The first-order valence-electron chi connectivity index (χ1n) is 5.53. The van der Waals surface area contributed by atoms with Gasteiger partial charge in [0.2, 0.25) is 0 Å². The number of hydrogen-bond donors (Lipinski definition) is 1. The van der Waals surface area contributed by atoms with Crippen LogP contribution in [0.2, 0.25) is 0 Å². The first-order chi connectivity index (χ1) is 8.06. The topological polar surface area (TPSA) is 38.9 Å². The number of aryl methyl sites for hydroxylation is 3. The fraction of sp³-hybridized carbons (Fsp3) is 0.214. The van der Waals surface area contributed by atoms with Crippen LogP contribution in [0.15, 0.2) is 40.4 Å². The lowest BCUT2D eigenvalue weighted by molar-refractivity contribution is 1.11. The van der Waals surface area contributed by atoms with Crippen LogP contribution in [0.5, 0.6) is 0 Å². The molecule has 1 aromatic carbocycles. The Morgan fingerprint density at radius 2 is 1.82 bits per heavy atom. The van der Waals surface area contributed by atoms with Gasteiger partial charge in [0.25, 0.3) is 0 Å². The summed E-state index contributed by atoms with van der Waals surface area (Å²) in [4.78, 5) is 5.58. The van der Waals surface area contributed by atoms with E-state index in [1.807, 2.05) is 13.0 Å². The van der Waals surface area contributed by atoms with Crippen LogP contribution >= 0.6 is 11.8 Å². The zero-order valence-corrected chi connectivity index (χ0v) is 11.1. The molecule has 0 fully saturated rings. The summed E-state index contributed by atoms with van der Waals surface area (Å²) in [6.45, 7) is 6.23. The van der Waals surface area contributed by atoms with E-state index in [0.29, 0.717) is 0 Å². The summed E-state index contributed by atoms with van der Waals surface area (Å²) in [5.41, 5.74) is 10.2. The maximum Gasteiger partial charge on any atom is 0.101 e. The number of rotatable bonds is 2. The standard InChI is InChI=1S/C14H16N2S/c1-9-4-5-13(11(3)6-9)17-14-7-10(2)12(15)8-16-14/h4-8H,15H2,1-3H3. The number of aromatic nitrogens is 1. The zero-order valence-electron chi connectivity index (χ0n) is 10.3. The Morgan fingerprint density at radius 1 is 1.06 bits per heavy atom. The molecule has 1 aromatic heterocycles. The Bertz CT molecular complexity index is 550. The Kier molecular flexibility index (Phi) is 3.38. The average Bonchev–Trinajstić information content (AvgIpc) is 2.27. The predicted octanol–water partition coefficient (Wildman–Crippen LogP) is 3.74. The highest BCUT2D eigenvalue weighted by Crippen LogP contribution is 2.30. The molecule has 0 saturated carbocycles. The summed E-state index contributed by atoms with van der Waals surface area (Å²) in [7, 11) is 0. The zero-order chi connectivity index (χ0) is 12.4. The Labute approximate surface area is 106 Å². The molecule has 0 radical (unpaired) electrons. The largest absolute Gasteiger partial charge is 0.397 e. The molecule has 17 heavy (non-hydrogen) atoms. The maximum atomic E-state index is 5.76. The van der Waals surface area contributed by atoms with Crippen LogP contribution in [0, 0.1) is 20.8 Å². The van der Waals surface area contributed by atoms with E-state index in [-0.39, 0.29) is 0 Å². The highest BCUT2D eigenvalue weighted by molar-refractivity contribution is 7.99. The number of nitrogens with zero attached hydrogens (tertiary/aromatic N) is 1. The van der Waals surface area contributed by atoms with Gasteiger partial charge >= 0.3 is 0 Å². The molecule has 2 aromatic rings. The molecule has 0 spiro atoms. The van der Waals surface area contributed by atoms with Gasteiger partial charge in [-0.05, 0) is 44.0 Å². The summed E-state index contributed by atoms with van der Waals surface area (Å²) in [6.07, 6.45) is 1.72. The molecular formula is C14H16N2S. The molecule has 0 amide bonds. The molecule has 0 bridgehead atoms. The molecule has 2 nitrogen and oxygen atoms in total. The molecule has 0 atom stereocenters. The van der Waals surface area contributed by atoms with Gasteiger partial charge in [-0.1, -0.05) is 29.5 Å². The van der Waals surface area contributed by atoms with Crippen LogP contribution in [-0.2, 0) is 0 Å². The van der Waals surface area contributed by atoms with Gasteiger partial charge in [0.05, 0.1) is 11.9 Å². The third-order valence-electron chi connectivity index (χ3n) is 2.67. The third-order valence-corrected chi connectivity index (χ3v) is 3.78.